The van der Waals surface area contributed by atoms with Crippen LogP contribution < -0.4 is 10.2 Å². The molecule has 0 bridgehead atoms. The number of carbonyl (C=O) groups is 1. The van der Waals surface area contributed by atoms with Crippen LogP contribution >= 0.6 is 11.3 Å². The van der Waals surface area contributed by atoms with Gasteiger partial charge in [-0.05, 0) is 50.8 Å². The summed E-state index contributed by atoms with van der Waals surface area (Å²) in [7, 11) is 0. The molecule has 1 aliphatic heterocycles. The number of fused-ring (bicyclic) bond motifs is 1. The number of aromatic nitrogens is 2. The number of anilines is 2. The minimum Gasteiger partial charge on any atom is -0.353 e. The molecule has 146 valence electrons. The van der Waals surface area contributed by atoms with Gasteiger partial charge in [0.05, 0.1) is 10.3 Å². The first-order chi connectivity index (χ1) is 13.5. The van der Waals surface area contributed by atoms with Gasteiger partial charge in [0.1, 0.15) is 34.3 Å². The summed E-state index contributed by atoms with van der Waals surface area (Å²) in [5, 5.41) is 3.20. The Hall–Kier alpha value is -2.61. The highest BCUT2D eigenvalue weighted by atomic mass is 32.1. The molecule has 8 heteroatoms. The van der Waals surface area contributed by atoms with Crippen LogP contribution in [0.3, 0.4) is 0 Å². The van der Waals surface area contributed by atoms with E-state index in [1.54, 1.807) is 0 Å². The first-order valence-corrected chi connectivity index (χ1v) is 10.0. The predicted octanol–water partition coefficient (Wildman–Crippen LogP) is 4.91. The summed E-state index contributed by atoms with van der Waals surface area (Å²) < 4.78 is 27.8. The number of piperidine rings is 1. The number of aryl methyl sites for hydroxylation is 1. The van der Waals surface area contributed by atoms with E-state index in [0.717, 1.165) is 48.3 Å². The zero-order valence-electron chi connectivity index (χ0n) is 15.6. The maximum atomic E-state index is 13.9. The normalized spacial score (nSPS) is 17.1. The van der Waals surface area contributed by atoms with Crippen molar-refractivity contribution < 1.29 is 13.6 Å². The van der Waals surface area contributed by atoms with Gasteiger partial charge in [0.15, 0.2) is 0 Å². The van der Waals surface area contributed by atoms with Gasteiger partial charge in [0, 0.05) is 12.6 Å². The second kappa shape index (κ2) is 7.43. The van der Waals surface area contributed by atoms with E-state index in [0.29, 0.717) is 15.7 Å². The monoisotopic (exact) mass is 402 g/mol. The van der Waals surface area contributed by atoms with Gasteiger partial charge in [-0.1, -0.05) is 6.07 Å². The van der Waals surface area contributed by atoms with Crippen LogP contribution in [0.25, 0.3) is 10.2 Å². The summed E-state index contributed by atoms with van der Waals surface area (Å²) in [6, 6.07) is 3.83. The molecule has 0 spiro atoms. The van der Waals surface area contributed by atoms with Crippen LogP contribution in [-0.4, -0.2) is 28.5 Å². The van der Waals surface area contributed by atoms with Crippen molar-refractivity contribution in [2.24, 2.45) is 0 Å². The Kier molecular flexibility index (Phi) is 4.97. The van der Waals surface area contributed by atoms with Crippen molar-refractivity contribution in [3.05, 3.63) is 46.6 Å². The van der Waals surface area contributed by atoms with Gasteiger partial charge >= 0.3 is 0 Å². The summed E-state index contributed by atoms with van der Waals surface area (Å²) in [4.78, 5) is 24.9. The van der Waals surface area contributed by atoms with Crippen molar-refractivity contribution in [3.63, 3.8) is 0 Å². The van der Waals surface area contributed by atoms with E-state index >= 15 is 0 Å². The van der Waals surface area contributed by atoms with Crippen LogP contribution in [0.4, 0.5) is 20.3 Å². The molecule has 1 fully saturated rings. The molecule has 3 heterocycles. The number of para-hydroxylation sites is 1. The SMILES string of the molecule is Cc1c(C(=O)Nc2c(F)cccc2F)sc2ncnc(N3CCCC[C@H]3C)c12. The number of benzene rings is 1. The number of hydrogen-bond acceptors (Lipinski definition) is 5. The molecule has 3 aromatic rings. The van der Waals surface area contributed by atoms with E-state index in [4.69, 9.17) is 0 Å². The summed E-state index contributed by atoms with van der Waals surface area (Å²) in [6.45, 7) is 4.90. The minimum atomic E-state index is -0.810. The van der Waals surface area contributed by atoms with Crippen molar-refractivity contribution >= 4 is 39.0 Å². The molecule has 1 saturated heterocycles. The van der Waals surface area contributed by atoms with Gasteiger partial charge < -0.3 is 10.2 Å². The lowest BCUT2D eigenvalue weighted by Crippen LogP contribution is -2.38. The molecular weight excluding hydrogens is 382 g/mol. The Morgan fingerprint density at radius 3 is 2.71 bits per heavy atom. The van der Waals surface area contributed by atoms with Crippen LogP contribution in [0, 0.1) is 18.6 Å². The fourth-order valence-corrected chi connectivity index (χ4v) is 4.73. The largest absolute Gasteiger partial charge is 0.353 e. The van der Waals surface area contributed by atoms with Crippen LogP contribution in [0.2, 0.25) is 0 Å². The second-order valence-electron chi connectivity index (χ2n) is 7.02. The molecule has 0 unspecified atom stereocenters. The van der Waals surface area contributed by atoms with E-state index in [2.05, 4.69) is 27.1 Å². The Morgan fingerprint density at radius 1 is 1.25 bits per heavy atom. The van der Waals surface area contributed by atoms with Gasteiger partial charge in [-0.15, -0.1) is 11.3 Å². The Balaban J connectivity index is 1.74. The molecule has 0 saturated carbocycles. The number of thiophene rings is 1. The molecule has 28 heavy (non-hydrogen) atoms. The number of amides is 1. The molecule has 1 aromatic carbocycles. The van der Waals surface area contributed by atoms with Gasteiger partial charge in [-0.3, -0.25) is 4.79 Å². The van der Waals surface area contributed by atoms with Crippen LogP contribution in [-0.2, 0) is 0 Å². The van der Waals surface area contributed by atoms with Crippen LogP contribution in [0.1, 0.15) is 41.4 Å². The number of hydrogen-bond donors (Lipinski definition) is 1. The molecular formula is C20H20F2N4OS. The predicted molar refractivity (Wildman–Crippen MR) is 107 cm³/mol. The van der Waals surface area contributed by atoms with Crippen molar-refractivity contribution in [2.75, 3.05) is 16.8 Å². The van der Waals surface area contributed by atoms with E-state index in [1.165, 1.54) is 30.2 Å². The molecule has 0 aliphatic carbocycles. The van der Waals surface area contributed by atoms with Crippen molar-refractivity contribution in [3.8, 4) is 0 Å². The second-order valence-corrected chi connectivity index (χ2v) is 8.02. The molecule has 2 aromatic heterocycles. The van der Waals surface area contributed by atoms with E-state index < -0.39 is 23.2 Å². The first-order valence-electron chi connectivity index (χ1n) is 9.23. The highest BCUT2D eigenvalue weighted by Crippen LogP contribution is 2.37. The van der Waals surface area contributed by atoms with E-state index in [-0.39, 0.29) is 0 Å². The highest BCUT2D eigenvalue weighted by Gasteiger charge is 2.26. The third-order valence-corrected chi connectivity index (χ3v) is 6.39. The zero-order valence-corrected chi connectivity index (χ0v) is 16.4. The number of carbonyl (C=O) groups excluding carboxylic acids is 1. The molecule has 1 N–H and O–H groups in total. The topological polar surface area (TPSA) is 58.1 Å². The lowest BCUT2D eigenvalue weighted by molar-refractivity contribution is 0.102. The summed E-state index contributed by atoms with van der Waals surface area (Å²) in [6.07, 6.45) is 4.89. The Labute approximate surface area is 165 Å². The van der Waals surface area contributed by atoms with Crippen molar-refractivity contribution in [1.82, 2.24) is 9.97 Å². The lowest BCUT2D eigenvalue weighted by atomic mass is 10.0. The maximum absolute atomic E-state index is 13.9. The standard InChI is InChI=1S/C20H20F2N4OS/c1-11-6-3-4-9-26(11)18-15-12(2)17(28-20(15)24-10-23-18)19(27)25-16-13(21)7-5-8-14(16)22/h5,7-8,10-11H,3-4,6,9H2,1-2H3,(H,25,27)/t11-/m1/s1. The fourth-order valence-electron chi connectivity index (χ4n) is 3.69. The number of nitrogens with zero attached hydrogens (tertiary/aromatic N) is 3. The van der Waals surface area contributed by atoms with Crippen LogP contribution in [0.15, 0.2) is 24.5 Å². The van der Waals surface area contributed by atoms with E-state index in [9.17, 15) is 13.6 Å². The van der Waals surface area contributed by atoms with Gasteiger partial charge in [-0.25, -0.2) is 18.7 Å². The average molecular weight is 402 g/mol. The van der Waals surface area contributed by atoms with Crippen LogP contribution in [0.5, 0.6) is 0 Å². The smallest absolute Gasteiger partial charge is 0.266 e. The van der Waals surface area contributed by atoms with E-state index in [1.807, 2.05) is 6.92 Å². The average Bonchev–Trinajstić information content (AvgIpc) is 3.02. The molecule has 4 rings (SSSR count). The van der Waals surface area contributed by atoms with Gasteiger partial charge in [0.2, 0.25) is 0 Å². The third-order valence-electron chi connectivity index (χ3n) is 5.19. The molecule has 1 aliphatic rings. The molecule has 1 atom stereocenters. The molecule has 5 nitrogen and oxygen atoms in total. The number of nitrogens with one attached hydrogen (secondary N) is 1. The summed E-state index contributed by atoms with van der Waals surface area (Å²) in [5.41, 5.74) is 0.280. The highest BCUT2D eigenvalue weighted by molar-refractivity contribution is 7.20. The zero-order chi connectivity index (χ0) is 19.8. The lowest BCUT2D eigenvalue weighted by Gasteiger charge is -2.34. The van der Waals surface area contributed by atoms with Gasteiger partial charge in [-0.2, -0.15) is 0 Å². The summed E-state index contributed by atoms with van der Waals surface area (Å²) in [5.74, 6) is -1.35. The molecule has 1 amide bonds. The fraction of sp³-hybridized carbons (Fsp3) is 0.350. The van der Waals surface area contributed by atoms with Crippen molar-refractivity contribution in [2.45, 2.75) is 39.2 Å². The Bertz CT molecular complexity index is 1030. The Morgan fingerprint density at radius 2 is 2.00 bits per heavy atom. The minimum absolute atomic E-state index is 0.357. The number of rotatable bonds is 3. The molecule has 0 radical (unpaired) electrons. The third kappa shape index (κ3) is 3.22. The quantitative estimate of drug-likeness (QED) is 0.676. The van der Waals surface area contributed by atoms with Gasteiger partial charge in [0.25, 0.3) is 5.91 Å². The first kappa shape index (κ1) is 18.7. The van der Waals surface area contributed by atoms with Crippen molar-refractivity contribution in [1.29, 1.82) is 0 Å². The summed E-state index contributed by atoms with van der Waals surface area (Å²) >= 11 is 1.21. The number of halogens is 2. The maximum Gasteiger partial charge on any atom is 0.266 e.